The number of rotatable bonds is 8. The summed E-state index contributed by atoms with van der Waals surface area (Å²) in [6.45, 7) is 4.58. The lowest BCUT2D eigenvalue weighted by Gasteiger charge is -2.29. The van der Waals surface area contributed by atoms with Crippen LogP contribution in [0.5, 0.6) is 0 Å². The fraction of sp³-hybridized carbons (Fsp3) is 0.615. The van der Waals surface area contributed by atoms with Crippen molar-refractivity contribution in [3.8, 4) is 0 Å². The second-order valence-electron chi connectivity index (χ2n) is 4.47. The zero-order valence-electron chi connectivity index (χ0n) is 12.2. The predicted molar refractivity (Wildman–Crippen MR) is 78.8 cm³/mol. The summed E-state index contributed by atoms with van der Waals surface area (Å²) in [7, 11) is -2.11. The van der Waals surface area contributed by atoms with Crippen molar-refractivity contribution in [2.75, 3.05) is 26.0 Å². The van der Waals surface area contributed by atoms with E-state index in [4.69, 9.17) is 10.5 Å². The summed E-state index contributed by atoms with van der Waals surface area (Å²) in [5.41, 5.74) is 5.71. The van der Waals surface area contributed by atoms with E-state index in [2.05, 4.69) is 4.98 Å². The lowest BCUT2D eigenvalue weighted by molar-refractivity contribution is 0.163. The monoisotopic (exact) mass is 301 g/mol. The Balaban J connectivity index is 3.20. The summed E-state index contributed by atoms with van der Waals surface area (Å²) in [6, 6.07) is 2.99. The molecule has 0 saturated heterocycles. The first-order valence-corrected chi connectivity index (χ1v) is 8.14. The number of nitrogen functional groups attached to an aromatic ring is 1. The highest BCUT2D eigenvalue weighted by atomic mass is 32.2. The fourth-order valence-corrected chi connectivity index (χ4v) is 3.95. The maximum Gasteiger partial charge on any atom is 0.247 e. The SMILES string of the molecule is CCC(CC)N(CCOC)S(=O)(=O)c1cccnc1N. The van der Waals surface area contributed by atoms with Gasteiger partial charge in [-0.1, -0.05) is 13.8 Å². The summed E-state index contributed by atoms with van der Waals surface area (Å²) in [5.74, 6) is 0.0286. The second kappa shape index (κ2) is 7.56. The molecule has 0 aromatic carbocycles. The summed E-state index contributed by atoms with van der Waals surface area (Å²) in [4.78, 5) is 3.92. The average molecular weight is 301 g/mol. The molecule has 1 rings (SSSR count). The Hall–Kier alpha value is -1.18. The van der Waals surface area contributed by atoms with Gasteiger partial charge in [0.2, 0.25) is 10.0 Å². The molecule has 0 amide bonds. The van der Waals surface area contributed by atoms with E-state index in [1.165, 1.54) is 16.6 Å². The first-order chi connectivity index (χ1) is 9.48. The number of anilines is 1. The van der Waals surface area contributed by atoms with E-state index >= 15 is 0 Å². The van der Waals surface area contributed by atoms with Crippen LogP contribution < -0.4 is 5.73 Å². The van der Waals surface area contributed by atoms with Crippen molar-refractivity contribution >= 4 is 15.8 Å². The molecule has 114 valence electrons. The fourth-order valence-electron chi connectivity index (χ4n) is 2.12. The number of methoxy groups -OCH3 is 1. The Morgan fingerprint density at radius 3 is 2.55 bits per heavy atom. The van der Waals surface area contributed by atoms with Crippen molar-refractivity contribution in [1.82, 2.24) is 9.29 Å². The van der Waals surface area contributed by atoms with Gasteiger partial charge in [0, 0.05) is 25.9 Å². The molecule has 0 spiro atoms. The molecule has 2 N–H and O–H groups in total. The number of ether oxygens (including phenoxy) is 1. The molecule has 0 bridgehead atoms. The van der Waals surface area contributed by atoms with Crippen molar-refractivity contribution in [3.05, 3.63) is 18.3 Å². The van der Waals surface area contributed by atoms with Gasteiger partial charge in [0.1, 0.15) is 10.7 Å². The van der Waals surface area contributed by atoms with Gasteiger partial charge in [-0.2, -0.15) is 4.31 Å². The number of pyridine rings is 1. The summed E-state index contributed by atoms with van der Waals surface area (Å²) in [6.07, 6.45) is 2.95. The van der Waals surface area contributed by atoms with Crippen LogP contribution in [0.15, 0.2) is 23.2 Å². The quantitative estimate of drug-likeness (QED) is 0.786. The van der Waals surface area contributed by atoms with Crippen LogP contribution in [0, 0.1) is 0 Å². The van der Waals surface area contributed by atoms with Crippen LogP contribution in [-0.4, -0.2) is 44.0 Å². The molecule has 6 nitrogen and oxygen atoms in total. The second-order valence-corrected chi connectivity index (χ2v) is 6.32. The molecule has 1 aromatic rings. The van der Waals surface area contributed by atoms with Crippen LogP contribution in [0.25, 0.3) is 0 Å². The third-order valence-corrected chi connectivity index (χ3v) is 5.25. The highest BCUT2D eigenvalue weighted by Gasteiger charge is 2.31. The molecule has 20 heavy (non-hydrogen) atoms. The molecule has 0 atom stereocenters. The highest BCUT2D eigenvalue weighted by Crippen LogP contribution is 2.24. The number of aromatic nitrogens is 1. The molecule has 0 saturated carbocycles. The van der Waals surface area contributed by atoms with Gasteiger partial charge in [-0.3, -0.25) is 0 Å². The van der Waals surface area contributed by atoms with Gasteiger partial charge < -0.3 is 10.5 Å². The van der Waals surface area contributed by atoms with Crippen LogP contribution >= 0.6 is 0 Å². The minimum atomic E-state index is -3.66. The van der Waals surface area contributed by atoms with E-state index < -0.39 is 10.0 Å². The Bertz CT molecular complexity index is 515. The Morgan fingerprint density at radius 1 is 1.40 bits per heavy atom. The molecule has 0 radical (unpaired) electrons. The van der Waals surface area contributed by atoms with Crippen LogP contribution in [0.1, 0.15) is 26.7 Å². The largest absolute Gasteiger partial charge is 0.383 e. The molecule has 0 aliphatic carbocycles. The van der Waals surface area contributed by atoms with Crippen molar-refractivity contribution in [2.45, 2.75) is 37.6 Å². The van der Waals surface area contributed by atoms with E-state index in [9.17, 15) is 8.42 Å². The van der Waals surface area contributed by atoms with Crippen molar-refractivity contribution in [1.29, 1.82) is 0 Å². The molecular weight excluding hydrogens is 278 g/mol. The smallest absolute Gasteiger partial charge is 0.247 e. The Morgan fingerprint density at radius 2 is 2.05 bits per heavy atom. The standard InChI is InChI=1S/C13H23N3O3S/c1-4-11(5-2)16(9-10-19-3)20(17,18)12-7-6-8-15-13(12)14/h6-8,11H,4-5,9-10H2,1-3H3,(H2,14,15). The topological polar surface area (TPSA) is 85.5 Å². The lowest BCUT2D eigenvalue weighted by Crippen LogP contribution is -2.42. The molecule has 1 aromatic heterocycles. The van der Waals surface area contributed by atoms with Gasteiger partial charge in [-0.15, -0.1) is 0 Å². The van der Waals surface area contributed by atoms with E-state index in [0.717, 1.165) is 12.8 Å². The molecular formula is C13H23N3O3S. The molecule has 7 heteroatoms. The molecule has 0 aliphatic heterocycles. The molecule has 1 heterocycles. The highest BCUT2D eigenvalue weighted by molar-refractivity contribution is 7.89. The number of hydrogen-bond acceptors (Lipinski definition) is 5. The first-order valence-electron chi connectivity index (χ1n) is 6.70. The van der Waals surface area contributed by atoms with E-state index in [1.807, 2.05) is 13.8 Å². The van der Waals surface area contributed by atoms with E-state index in [-0.39, 0.29) is 16.8 Å². The van der Waals surface area contributed by atoms with Gasteiger partial charge in [0.15, 0.2) is 0 Å². The lowest BCUT2D eigenvalue weighted by atomic mass is 10.2. The van der Waals surface area contributed by atoms with Gasteiger partial charge in [0.05, 0.1) is 6.61 Å². The zero-order valence-corrected chi connectivity index (χ0v) is 13.1. The molecule has 0 unspecified atom stereocenters. The minimum Gasteiger partial charge on any atom is -0.383 e. The molecule has 0 aliphatic rings. The third kappa shape index (κ3) is 3.68. The number of nitrogens with two attached hydrogens (primary N) is 1. The van der Waals surface area contributed by atoms with E-state index in [1.54, 1.807) is 13.2 Å². The minimum absolute atomic E-state index is 0.0286. The normalized spacial score (nSPS) is 12.2. The number of nitrogens with zero attached hydrogens (tertiary/aromatic N) is 2. The molecule has 0 fully saturated rings. The number of sulfonamides is 1. The predicted octanol–water partition coefficient (Wildman–Crippen LogP) is 1.49. The van der Waals surface area contributed by atoms with Crippen molar-refractivity contribution < 1.29 is 13.2 Å². The summed E-state index contributed by atoms with van der Waals surface area (Å²) in [5, 5.41) is 0. The Labute approximate surface area is 121 Å². The van der Waals surface area contributed by atoms with Crippen LogP contribution in [0.4, 0.5) is 5.82 Å². The van der Waals surface area contributed by atoms with Gasteiger partial charge >= 0.3 is 0 Å². The van der Waals surface area contributed by atoms with Crippen LogP contribution in [0.2, 0.25) is 0 Å². The van der Waals surface area contributed by atoms with Crippen molar-refractivity contribution in [2.24, 2.45) is 0 Å². The van der Waals surface area contributed by atoms with Gasteiger partial charge in [-0.05, 0) is 25.0 Å². The van der Waals surface area contributed by atoms with Gasteiger partial charge in [0.25, 0.3) is 0 Å². The van der Waals surface area contributed by atoms with E-state index in [0.29, 0.717) is 13.2 Å². The summed E-state index contributed by atoms with van der Waals surface area (Å²) >= 11 is 0. The first kappa shape index (κ1) is 16.9. The van der Waals surface area contributed by atoms with Crippen LogP contribution in [-0.2, 0) is 14.8 Å². The number of hydrogen-bond donors (Lipinski definition) is 1. The van der Waals surface area contributed by atoms with Crippen molar-refractivity contribution in [3.63, 3.8) is 0 Å². The Kier molecular flexibility index (Phi) is 6.38. The maximum absolute atomic E-state index is 12.8. The van der Waals surface area contributed by atoms with Gasteiger partial charge in [-0.25, -0.2) is 13.4 Å². The summed E-state index contributed by atoms with van der Waals surface area (Å²) < 4.78 is 32.0. The van der Waals surface area contributed by atoms with Crippen LogP contribution in [0.3, 0.4) is 0 Å². The zero-order chi connectivity index (χ0) is 15.2. The average Bonchev–Trinajstić information content (AvgIpc) is 2.43. The third-order valence-electron chi connectivity index (χ3n) is 3.25. The maximum atomic E-state index is 12.8.